The van der Waals surface area contributed by atoms with Crippen LogP contribution in [-0.4, -0.2) is 45.6 Å². The standard InChI is InChI=1S/C26H30N4O2/c1-20(2)28-25(32)26(13-16-29(19-26)24(31)18-30-15-8-14-27-30)17-22-11-6-7-12-23(22)21-9-4-3-5-10-21/h3-12,14-15,20H,13,16-19H2,1-2H3,(H,28,32). The van der Waals surface area contributed by atoms with Crippen molar-refractivity contribution in [3.63, 3.8) is 0 Å². The van der Waals surface area contributed by atoms with Crippen LogP contribution in [0.4, 0.5) is 0 Å². The molecule has 1 atom stereocenters. The lowest BCUT2D eigenvalue weighted by atomic mass is 9.78. The second-order valence-electron chi connectivity index (χ2n) is 8.88. The summed E-state index contributed by atoms with van der Waals surface area (Å²) in [6.07, 6.45) is 4.67. The van der Waals surface area contributed by atoms with Crippen molar-refractivity contribution in [1.29, 1.82) is 0 Å². The van der Waals surface area contributed by atoms with Gasteiger partial charge in [-0.05, 0) is 49.4 Å². The summed E-state index contributed by atoms with van der Waals surface area (Å²) in [7, 11) is 0. The van der Waals surface area contributed by atoms with E-state index in [1.165, 1.54) is 0 Å². The van der Waals surface area contributed by atoms with Crippen molar-refractivity contribution in [2.75, 3.05) is 13.1 Å². The quantitative estimate of drug-likeness (QED) is 0.624. The number of aromatic nitrogens is 2. The van der Waals surface area contributed by atoms with E-state index < -0.39 is 5.41 Å². The van der Waals surface area contributed by atoms with Crippen LogP contribution in [-0.2, 0) is 22.6 Å². The zero-order chi connectivity index (χ0) is 22.6. The van der Waals surface area contributed by atoms with Gasteiger partial charge in [0.25, 0.3) is 0 Å². The molecule has 3 aromatic rings. The number of hydrogen-bond donors (Lipinski definition) is 1. The summed E-state index contributed by atoms with van der Waals surface area (Å²) in [4.78, 5) is 28.2. The molecule has 1 saturated heterocycles. The van der Waals surface area contributed by atoms with Gasteiger partial charge in [-0.15, -0.1) is 0 Å². The zero-order valence-corrected chi connectivity index (χ0v) is 18.7. The number of nitrogens with one attached hydrogen (secondary N) is 1. The van der Waals surface area contributed by atoms with E-state index in [0.29, 0.717) is 25.9 Å². The smallest absolute Gasteiger partial charge is 0.244 e. The predicted molar refractivity (Wildman–Crippen MR) is 125 cm³/mol. The molecule has 0 bridgehead atoms. The molecule has 2 amide bonds. The number of amides is 2. The fourth-order valence-corrected chi connectivity index (χ4v) is 4.48. The van der Waals surface area contributed by atoms with Gasteiger partial charge in [0.2, 0.25) is 11.8 Å². The third-order valence-electron chi connectivity index (χ3n) is 6.10. The monoisotopic (exact) mass is 430 g/mol. The molecular weight excluding hydrogens is 400 g/mol. The third-order valence-corrected chi connectivity index (χ3v) is 6.10. The van der Waals surface area contributed by atoms with Gasteiger partial charge in [-0.25, -0.2) is 0 Å². The number of rotatable bonds is 7. The molecule has 2 heterocycles. The summed E-state index contributed by atoms with van der Waals surface area (Å²) in [5, 5.41) is 7.26. The molecule has 1 aromatic heterocycles. The minimum absolute atomic E-state index is 0.00994. The summed E-state index contributed by atoms with van der Waals surface area (Å²) >= 11 is 0. The zero-order valence-electron chi connectivity index (χ0n) is 18.7. The van der Waals surface area contributed by atoms with Crippen LogP contribution in [0.15, 0.2) is 73.1 Å². The minimum Gasteiger partial charge on any atom is -0.353 e. The minimum atomic E-state index is -0.658. The summed E-state index contributed by atoms with van der Waals surface area (Å²) < 4.78 is 1.63. The maximum atomic E-state index is 13.4. The molecule has 1 N–H and O–H groups in total. The molecule has 2 aromatic carbocycles. The highest BCUT2D eigenvalue weighted by Crippen LogP contribution is 2.37. The fourth-order valence-electron chi connectivity index (χ4n) is 4.48. The predicted octanol–water partition coefficient (Wildman–Crippen LogP) is 3.54. The molecule has 6 heteroatoms. The largest absolute Gasteiger partial charge is 0.353 e. The van der Waals surface area contributed by atoms with Gasteiger partial charge in [0.05, 0.1) is 5.41 Å². The third kappa shape index (κ3) is 4.74. The normalized spacial score (nSPS) is 18.2. The Balaban J connectivity index is 1.61. The maximum Gasteiger partial charge on any atom is 0.244 e. The molecular formula is C26H30N4O2. The number of hydrogen-bond acceptors (Lipinski definition) is 3. The molecule has 32 heavy (non-hydrogen) atoms. The van der Waals surface area contributed by atoms with Crippen LogP contribution in [0.5, 0.6) is 0 Å². The molecule has 0 radical (unpaired) electrons. The van der Waals surface area contributed by atoms with Crippen molar-refractivity contribution in [3.05, 3.63) is 78.6 Å². The van der Waals surface area contributed by atoms with Crippen LogP contribution in [0.25, 0.3) is 11.1 Å². The molecule has 1 aliphatic rings. The van der Waals surface area contributed by atoms with E-state index in [1.54, 1.807) is 23.1 Å². The first-order valence-electron chi connectivity index (χ1n) is 11.2. The molecule has 1 fully saturated rings. The topological polar surface area (TPSA) is 67.2 Å². The van der Waals surface area contributed by atoms with Crippen molar-refractivity contribution >= 4 is 11.8 Å². The van der Waals surface area contributed by atoms with Gasteiger partial charge in [0.1, 0.15) is 6.54 Å². The average Bonchev–Trinajstić information content (AvgIpc) is 3.45. The lowest BCUT2D eigenvalue weighted by molar-refractivity contribution is -0.134. The van der Waals surface area contributed by atoms with Crippen LogP contribution in [0.3, 0.4) is 0 Å². The van der Waals surface area contributed by atoms with E-state index in [9.17, 15) is 9.59 Å². The molecule has 166 valence electrons. The van der Waals surface area contributed by atoms with Crippen LogP contribution < -0.4 is 5.32 Å². The number of benzene rings is 2. The molecule has 1 unspecified atom stereocenters. The Hall–Kier alpha value is -3.41. The van der Waals surface area contributed by atoms with Crippen LogP contribution in [0, 0.1) is 5.41 Å². The number of nitrogens with zero attached hydrogens (tertiary/aromatic N) is 3. The van der Waals surface area contributed by atoms with Crippen LogP contribution in [0.2, 0.25) is 0 Å². The Kier molecular flexibility index (Phi) is 6.40. The first-order valence-corrected chi connectivity index (χ1v) is 11.2. The van der Waals surface area contributed by atoms with E-state index in [0.717, 1.165) is 16.7 Å². The summed E-state index contributed by atoms with van der Waals surface area (Å²) in [5.74, 6) is 0.00835. The van der Waals surface area contributed by atoms with Gasteiger partial charge in [-0.2, -0.15) is 5.10 Å². The second-order valence-corrected chi connectivity index (χ2v) is 8.88. The molecule has 0 spiro atoms. The van der Waals surface area contributed by atoms with E-state index in [1.807, 2.05) is 49.1 Å². The van der Waals surface area contributed by atoms with E-state index in [-0.39, 0.29) is 24.4 Å². The Morgan fingerprint density at radius 3 is 2.53 bits per heavy atom. The van der Waals surface area contributed by atoms with Crippen LogP contribution >= 0.6 is 0 Å². The van der Waals surface area contributed by atoms with Gasteiger partial charge in [-0.3, -0.25) is 14.3 Å². The average molecular weight is 431 g/mol. The van der Waals surface area contributed by atoms with Crippen molar-refractivity contribution in [2.24, 2.45) is 5.41 Å². The van der Waals surface area contributed by atoms with E-state index in [4.69, 9.17) is 0 Å². The van der Waals surface area contributed by atoms with E-state index in [2.05, 4.69) is 34.7 Å². The highest BCUT2D eigenvalue weighted by atomic mass is 16.2. The number of carbonyl (C=O) groups excluding carboxylic acids is 2. The highest BCUT2D eigenvalue weighted by Gasteiger charge is 2.46. The molecule has 0 aliphatic carbocycles. The van der Waals surface area contributed by atoms with Gasteiger partial charge >= 0.3 is 0 Å². The van der Waals surface area contributed by atoms with Gasteiger partial charge in [0, 0.05) is 31.5 Å². The first-order chi connectivity index (χ1) is 15.5. The summed E-state index contributed by atoms with van der Waals surface area (Å²) in [5.41, 5.74) is 2.73. The highest BCUT2D eigenvalue weighted by molar-refractivity contribution is 5.86. The Morgan fingerprint density at radius 2 is 1.81 bits per heavy atom. The molecule has 6 nitrogen and oxygen atoms in total. The van der Waals surface area contributed by atoms with Crippen molar-refractivity contribution in [3.8, 4) is 11.1 Å². The lowest BCUT2D eigenvalue weighted by Crippen LogP contribution is -2.47. The fraction of sp³-hybridized carbons (Fsp3) is 0.346. The lowest BCUT2D eigenvalue weighted by Gasteiger charge is -2.30. The van der Waals surface area contributed by atoms with E-state index >= 15 is 0 Å². The van der Waals surface area contributed by atoms with Gasteiger partial charge in [0.15, 0.2) is 0 Å². The first kappa shape index (κ1) is 21.8. The molecule has 4 rings (SSSR count). The number of likely N-dealkylation sites (tertiary alicyclic amines) is 1. The van der Waals surface area contributed by atoms with Crippen LogP contribution in [0.1, 0.15) is 25.8 Å². The van der Waals surface area contributed by atoms with Crippen molar-refractivity contribution in [1.82, 2.24) is 20.0 Å². The molecule has 1 aliphatic heterocycles. The SMILES string of the molecule is CC(C)NC(=O)C1(Cc2ccccc2-c2ccccc2)CCN(C(=O)Cn2cccn2)C1. The molecule has 0 saturated carbocycles. The van der Waals surface area contributed by atoms with Crippen molar-refractivity contribution < 1.29 is 9.59 Å². The number of carbonyl (C=O) groups is 2. The Bertz CT molecular complexity index is 1060. The summed E-state index contributed by atoms with van der Waals surface area (Å²) in [6, 6.07) is 20.3. The van der Waals surface area contributed by atoms with Gasteiger partial charge in [-0.1, -0.05) is 54.6 Å². The Morgan fingerprint density at radius 1 is 1.06 bits per heavy atom. The van der Waals surface area contributed by atoms with Crippen molar-refractivity contribution in [2.45, 2.75) is 39.3 Å². The maximum absolute atomic E-state index is 13.4. The Labute approximate surface area is 189 Å². The van der Waals surface area contributed by atoms with Gasteiger partial charge < -0.3 is 10.2 Å². The second kappa shape index (κ2) is 9.39. The summed E-state index contributed by atoms with van der Waals surface area (Å²) in [6.45, 7) is 5.11.